The molecule has 3 heterocycles. The van der Waals surface area contributed by atoms with Crippen LogP contribution < -0.4 is 5.32 Å². The van der Waals surface area contributed by atoms with E-state index in [4.69, 9.17) is 5.11 Å². The Labute approximate surface area is 121 Å². The number of pyridine rings is 2. The van der Waals surface area contributed by atoms with Crippen molar-refractivity contribution in [3.8, 4) is 11.3 Å². The van der Waals surface area contributed by atoms with Crippen molar-refractivity contribution in [2.45, 2.75) is 13.0 Å². The number of nitrogens with one attached hydrogen (secondary N) is 1. The van der Waals surface area contributed by atoms with Crippen molar-refractivity contribution in [3.05, 3.63) is 48.9 Å². The number of carboxylic acid groups (broad SMARTS) is 1. The zero-order chi connectivity index (χ0) is 14.8. The topological polar surface area (TPSA) is 79.5 Å². The molecule has 0 radical (unpaired) electrons. The Morgan fingerprint density at radius 2 is 2.05 bits per heavy atom. The average Bonchev–Trinajstić information content (AvgIpc) is 2.87. The van der Waals surface area contributed by atoms with E-state index in [1.807, 2.05) is 40.9 Å². The van der Waals surface area contributed by atoms with Gasteiger partial charge in [0.1, 0.15) is 23.2 Å². The van der Waals surface area contributed by atoms with E-state index in [0.717, 1.165) is 11.2 Å². The first-order valence-electron chi connectivity index (χ1n) is 6.53. The van der Waals surface area contributed by atoms with Crippen molar-refractivity contribution in [2.24, 2.45) is 0 Å². The van der Waals surface area contributed by atoms with Gasteiger partial charge < -0.3 is 10.4 Å². The van der Waals surface area contributed by atoms with E-state index >= 15 is 0 Å². The number of hydrogen-bond acceptors (Lipinski definition) is 4. The number of carbonyl (C=O) groups is 1. The van der Waals surface area contributed by atoms with Crippen molar-refractivity contribution in [1.29, 1.82) is 0 Å². The summed E-state index contributed by atoms with van der Waals surface area (Å²) in [4.78, 5) is 19.7. The van der Waals surface area contributed by atoms with Crippen molar-refractivity contribution in [2.75, 3.05) is 5.32 Å². The minimum Gasteiger partial charge on any atom is -0.480 e. The molecule has 1 atom stereocenters. The zero-order valence-corrected chi connectivity index (χ0v) is 11.4. The lowest BCUT2D eigenvalue weighted by atomic mass is 10.2. The third-order valence-electron chi connectivity index (χ3n) is 3.21. The largest absolute Gasteiger partial charge is 0.480 e. The predicted octanol–water partition coefficient (Wildman–Crippen LogP) is 2.28. The molecule has 0 aliphatic carbocycles. The van der Waals surface area contributed by atoms with Gasteiger partial charge in [-0.2, -0.15) is 0 Å². The first-order valence-corrected chi connectivity index (χ1v) is 6.53. The van der Waals surface area contributed by atoms with E-state index in [-0.39, 0.29) is 0 Å². The maximum absolute atomic E-state index is 11.1. The maximum atomic E-state index is 11.1. The number of fused-ring (bicyclic) bond motifs is 1. The summed E-state index contributed by atoms with van der Waals surface area (Å²) < 4.78 is 1.84. The zero-order valence-electron chi connectivity index (χ0n) is 11.4. The Hall–Kier alpha value is -2.89. The third kappa shape index (κ3) is 2.43. The fraction of sp³-hybridized carbons (Fsp3) is 0.133. The smallest absolute Gasteiger partial charge is 0.325 e. The monoisotopic (exact) mass is 282 g/mol. The lowest BCUT2D eigenvalue weighted by Crippen LogP contribution is -2.26. The van der Waals surface area contributed by atoms with Gasteiger partial charge in [-0.1, -0.05) is 6.07 Å². The van der Waals surface area contributed by atoms with Gasteiger partial charge in [-0.25, -0.2) is 4.98 Å². The Morgan fingerprint density at radius 3 is 2.76 bits per heavy atom. The first-order chi connectivity index (χ1) is 10.2. The maximum Gasteiger partial charge on any atom is 0.325 e. The molecular weight excluding hydrogens is 268 g/mol. The molecule has 0 saturated carbocycles. The first kappa shape index (κ1) is 13.1. The third-order valence-corrected chi connectivity index (χ3v) is 3.21. The molecule has 6 heteroatoms. The van der Waals surface area contributed by atoms with Crippen LogP contribution in [0.1, 0.15) is 6.92 Å². The van der Waals surface area contributed by atoms with Gasteiger partial charge in [0, 0.05) is 24.2 Å². The summed E-state index contributed by atoms with van der Waals surface area (Å²) in [6.07, 6.45) is 5.22. The van der Waals surface area contributed by atoms with E-state index < -0.39 is 12.0 Å². The average molecular weight is 282 g/mol. The van der Waals surface area contributed by atoms with Crippen molar-refractivity contribution in [3.63, 3.8) is 0 Å². The minimum atomic E-state index is -0.915. The quantitative estimate of drug-likeness (QED) is 0.767. The lowest BCUT2D eigenvalue weighted by molar-refractivity contribution is -0.137. The van der Waals surface area contributed by atoms with Crippen LogP contribution in [0.3, 0.4) is 0 Å². The van der Waals surface area contributed by atoms with Gasteiger partial charge >= 0.3 is 5.97 Å². The fourth-order valence-corrected chi connectivity index (χ4v) is 2.11. The van der Waals surface area contributed by atoms with Crippen LogP contribution in [0.2, 0.25) is 0 Å². The summed E-state index contributed by atoms with van der Waals surface area (Å²) in [5.41, 5.74) is 2.34. The number of aliphatic carboxylic acids is 1. The van der Waals surface area contributed by atoms with Gasteiger partial charge in [0.2, 0.25) is 0 Å². The lowest BCUT2D eigenvalue weighted by Gasteiger charge is -2.12. The van der Waals surface area contributed by atoms with E-state index in [9.17, 15) is 4.79 Å². The molecule has 0 spiro atoms. The Bertz CT molecular complexity index is 783. The Morgan fingerprint density at radius 1 is 1.29 bits per heavy atom. The van der Waals surface area contributed by atoms with Crippen LogP contribution in [0, 0.1) is 0 Å². The summed E-state index contributed by atoms with van der Waals surface area (Å²) in [6.45, 7) is 1.60. The summed E-state index contributed by atoms with van der Waals surface area (Å²) in [5.74, 6) is -0.256. The normalized spacial score (nSPS) is 12.2. The number of nitrogens with zero attached hydrogens (tertiary/aromatic N) is 3. The SMILES string of the molecule is C[C@@H](Nc1c(-c2ccncc2)nc2ccccn12)C(=O)O. The molecule has 0 fully saturated rings. The molecule has 6 nitrogen and oxygen atoms in total. The molecular formula is C15H14N4O2. The van der Waals surface area contributed by atoms with Gasteiger partial charge in [-0.3, -0.25) is 14.2 Å². The van der Waals surface area contributed by atoms with E-state index in [2.05, 4.69) is 15.3 Å². The summed E-state index contributed by atoms with van der Waals surface area (Å²) in [7, 11) is 0. The van der Waals surface area contributed by atoms with Crippen LogP contribution in [0.5, 0.6) is 0 Å². The van der Waals surface area contributed by atoms with Crippen LogP contribution >= 0.6 is 0 Å². The van der Waals surface area contributed by atoms with Gasteiger partial charge in [0.15, 0.2) is 0 Å². The number of imidazole rings is 1. The second kappa shape index (κ2) is 5.24. The number of aromatic nitrogens is 3. The highest BCUT2D eigenvalue weighted by atomic mass is 16.4. The molecule has 0 saturated heterocycles. The highest BCUT2D eigenvalue weighted by Crippen LogP contribution is 2.28. The molecule has 0 aromatic carbocycles. The molecule has 21 heavy (non-hydrogen) atoms. The summed E-state index contributed by atoms with van der Waals surface area (Å²) in [6, 6.07) is 8.62. The molecule has 0 aliphatic rings. The van der Waals surface area contributed by atoms with E-state index in [1.54, 1.807) is 19.3 Å². The molecule has 0 aliphatic heterocycles. The van der Waals surface area contributed by atoms with Gasteiger partial charge in [0.05, 0.1) is 0 Å². The Balaban J connectivity index is 2.17. The van der Waals surface area contributed by atoms with Crippen molar-refractivity contribution >= 4 is 17.4 Å². The van der Waals surface area contributed by atoms with Gasteiger partial charge in [0.25, 0.3) is 0 Å². The van der Waals surface area contributed by atoms with Crippen LogP contribution in [0.15, 0.2) is 48.9 Å². The number of rotatable bonds is 4. The molecule has 3 rings (SSSR count). The molecule has 3 aromatic rings. The molecule has 106 valence electrons. The van der Waals surface area contributed by atoms with Crippen LogP contribution in [0.4, 0.5) is 5.82 Å². The van der Waals surface area contributed by atoms with Crippen LogP contribution in [-0.4, -0.2) is 31.5 Å². The predicted molar refractivity (Wildman–Crippen MR) is 79.1 cm³/mol. The molecule has 0 unspecified atom stereocenters. The minimum absolute atomic E-state index is 0.659. The fourth-order valence-electron chi connectivity index (χ4n) is 2.11. The van der Waals surface area contributed by atoms with E-state index in [1.165, 1.54) is 0 Å². The molecule has 0 amide bonds. The molecule has 0 bridgehead atoms. The number of hydrogen-bond donors (Lipinski definition) is 2. The summed E-state index contributed by atoms with van der Waals surface area (Å²) >= 11 is 0. The Kier molecular flexibility index (Phi) is 3.27. The van der Waals surface area contributed by atoms with Gasteiger partial charge in [-0.15, -0.1) is 0 Å². The van der Waals surface area contributed by atoms with Crippen molar-refractivity contribution in [1.82, 2.24) is 14.4 Å². The highest BCUT2D eigenvalue weighted by Gasteiger charge is 2.18. The van der Waals surface area contributed by atoms with E-state index in [0.29, 0.717) is 11.5 Å². The standard InChI is InChI=1S/C15H14N4O2/c1-10(15(20)21)17-14-13(11-5-7-16-8-6-11)18-12-4-2-3-9-19(12)14/h2-10,17H,1H3,(H,20,21)/t10-/m1/s1. The van der Waals surface area contributed by atoms with Crippen LogP contribution in [-0.2, 0) is 4.79 Å². The second-order valence-electron chi connectivity index (χ2n) is 4.68. The molecule has 2 N–H and O–H groups in total. The highest BCUT2D eigenvalue weighted by molar-refractivity contribution is 5.81. The second-order valence-corrected chi connectivity index (χ2v) is 4.68. The van der Waals surface area contributed by atoms with Crippen molar-refractivity contribution < 1.29 is 9.90 Å². The molecule has 3 aromatic heterocycles. The summed E-state index contributed by atoms with van der Waals surface area (Å²) in [5, 5.41) is 12.1. The number of anilines is 1. The van der Waals surface area contributed by atoms with Gasteiger partial charge in [-0.05, 0) is 31.2 Å². The number of carboxylic acids is 1. The van der Waals surface area contributed by atoms with Crippen LogP contribution in [0.25, 0.3) is 16.9 Å².